The highest BCUT2D eigenvalue weighted by molar-refractivity contribution is 7.12. The summed E-state index contributed by atoms with van der Waals surface area (Å²) in [5.41, 5.74) is 0.418. The van der Waals surface area contributed by atoms with Gasteiger partial charge in [0.05, 0.1) is 9.80 Å². The van der Waals surface area contributed by atoms with Gasteiger partial charge in [0.15, 0.2) is 0 Å². The molecule has 9 heteroatoms. The Bertz CT molecular complexity index is 921. The fourth-order valence-electron chi connectivity index (χ4n) is 2.37. The van der Waals surface area contributed by atoms with Crippen molar-refractivity contribution < 1.29 is 14.2 Å². The number of carbonyl (C=O) groups is 1. The molecule has 1 unspecified atom stereocenters. The SMILES string of the molecule is CC(C)C(NC(=O)c1cccs1)c1nc(-c2cccc([N+](=O)[O-])c2)no1. The molecule has 0 radical (unpaired) electrons. The highest BCUT2D eigenvalue weighted by Crippen LogP contribution is 2.26. The molecule has 1 amide bonds. The molecular formula is C17H16N4O4S. The molecule has 0 bridgehead atoms. The van der Waals surface area contributed by atoms with Crippen molar-refractivity contribution in [3.8, 4) is 11.4 Å². The summed E-state index contributed by atoms with van der Waals surface area (Å²) in [7, 11) is 0. The van der Waals surface area contributed by atoms with Crippen LogP contribution in [0.5, 0.6) is 0 Å². The molecular weight excluding hydrogens is 356 g/mol. The molecule has 8 nitrogen and oxygen atoms in total. The lowest BCUT2D eigenvalue weighted by atomic mass is 10.0. The molecule has 134 valence electrons. The number of nitrogens with zero attached hydrogens (tertiary/aromatic N) is 3. The zero-order chi connectivity index (χ0) is 18.7. The van der Waals surface area contributed by atoms with Gasteiger partial charge in [0.1, 0.15) is 6.04 Å². The number of carbonyl (C=O) groups excluding carboxylic acids is 1. The predicted octanol–water partition coefficient (Wildman–Crippen LogP) is 3.83. The minimum atomic E-state index is -0.483. The highest BCUT2D eigenvalue weighted by atomic mass is 32.1. The zero-order valence-electron chi connectivity index (χ0n) is 14.1. The maximum absolute atomic E-state index is 12.3. The van der Waals surface area contributed by atoms with Gasteiger partial charge in [-0.2, -0.15) is 4.98 Å². The third-order valence-electron chi connectivity index (χ3n) is 3.72. The molecule has 3 rings (SSSR count). The van der Waals surface area contributed by atoms with E-state index >= 15 is 0 Å². The molecule has 0 aliphatic heterocycles. The molecule has 3 aromatic rings. The predicted molar refractivity (Wildman–Crippen MR) is 95.8 cm³/mol. The summed E-state index contributed by atoms with van der Waals surface area (Å²) in [4.78, 5) is 27.7. The van der Waals surface area contributed by atoms with Crippen LogP contribution in [-0.4, -0.2) is 21.0 Å². The van der Waals surface area contributed by atoms with Crippen LogP contribution in [0.25, 0.3) is 11.4 Å². The second-order valence-electron chi connectivity index (χ2n) is 5.94. The van der Waals surface area contributed by atoms with Crippen LogP contribution in [-0.2, 0) is 0 Å². The number of nitro groups is 1. The molecule has 0 aliphatic carbocycles. The Morgan fingerprint density at radius 3 is 2.77 bits per heavy atom. The van der Waals surface area contributed by atoms with Crippen LogP contribution in [0, 0.1) is 16.0 Å². The number of rotatable bonds is 6. The number of amides is 1. The van der Waals surface area contributed by atoms with Crippen LogP contribution in [0.2, 0.25) is 0 Å². The lowest BCUT2D eigenvalue weighted by molar-refractivity contribution is -0.384. The molecule has 0 saturated heterocycles. The van der Waals surface area contributed by atoms with Crippen LogP contribution >= 0.6 is 11.3 Å². The zero-order valence-corrected chi connectivity index (χ0v) is 14.9. The molecule has 2 aromatic heterocycles. The molecule has 0 aliphatic rings. The summed E-state index contributed by atoms with van der Waals surface area (Å²) < 4.78 is 5.32. The number of benzene rings is 1. The average molecular weight is 372 g/mol. The van der Waals surface area contributed by atoms with E-state index in [9.17, 15) is 14.9 Å². The summed E-state index contributed by atoms with van der Waals surface area (Å²) in [6, 6.07) is 9.06. The molecule has 1 aromatic carbocycles. The summed E-state index contributed by atoms with van der Waals surface area (Å²) in [6.45, 7) is 3.85. The first kappa shape index (κ1) is 17.7. The molecule has 0 saturated carbocycles. The van der Waals surface area contributed by atoms with E-state index in [2.05, 4.69) is 15.5 Å². The number of aromatic nitrogens is 2. The second kappa shape index (κ2) is 7.44. The van der Waals surface area contributed by atoms with Gasteiger partial charge in [0, 0.05) is 17.7 Å². The Morgan fingerprint density at radius 2 is 2.12 bits per heavy atom. The smallest absolute Gasteiger partial charge is 0.270 e. The van der Waals surface area contributed by atoms with E-state index in [-0.39, 0.29) is 29.2 Å². The fraction of sp³-hybridized carbons (Fsp3) is 0.235. The maximum Gasteiger partial charge on any atom is 0.270 e. The van der Waals surface area contributed by atoms with Gasteiger partial charge in [0.2, 0.25) is 11.7 Å². The van der Waals surface area contributed by atoms with Crippen molar-refractivity contribution in [1.29, 1.82) is 0 Å². The van der Waals surface area contributed by atoms with E-state index in [1.165, 1.54) is 23.5 Å². The molecule has 1 N–H and O–H groups in total. The van der Waals surface area contributed by atoms with Crippen LogP contribution in [0.15, 0.2) is 46.3 Å². The standard InChI is InChI=1S/C17H16N4O4S/c1-10(2)14(18-16(22)13-7-4-8-26-13)17-19-15(20-25-17)11-5-3-6-12(9-11)21(23)24/h3-10,14H,1-2H3,(H,18,22). The number of nitro benzene ring substituents is 1. The van der Waals surface area contributed by atoms with Crippen LogP contribution in [0.1, 0.15) is 35.5 Å². The number of thiophene rings is 1. The van der Waals surface area contributed by atoms with Crippen molar-refractivity contribution in [3.05, 3.63) is 62.7 Å². The monoisotopic (exact) mass is 372 g/mol. The highest BCUT2D eigenvalue weighted by Gasteiger charge is 2.26. The summed E-state index contributed by atoms with van der Waals surface area (Å²) in [5, 5.41) is 19.5. The Morgan fingerprint density at radius 1 is 1.31 bits per heavy atom. The molecule has 0 spiro atoms. The van der Waals surface area contributed by atoms with Crippen molar-refractivity contribution in [2.24, 2.45) is 5.92 Å². The number of hydrogen-bond donors (Lipinski definition) is 1. The van der Waals surface area contributed by atoms with Crippen LogP contribution < -0.4 is 5.32 Å². The number of non-ortho nitro benzene ring substituents is 1. The Hall–Kier alpha value is -3.07. The normalized spacial score (nSPS) is 12.1. The Balaban J connectivity index is 1.85. The topological polar surface area (TPSA) is 111 Å². The van der Waals surface area contributed by atoms with Crippen LogP contribution in [0.4, 0.5) is 5.69 Å². The van der Waals surface area contributed by atoms with Gasteiger partial charge in [-0.25, -0.2) is 0 Å². The van der Waals surface area contributed by atoms with E-state index in [1.807, 2.05) is 19.2 Å². The molecule has 0 fully saturated rings. The summed E-state index contributed by atoms with van der Waals surface area (Å²) in [5.74, 6) is 0.289. The van der Waals surface area contributed by atoms with Crippen molar-refractivity contribution in [3.63, 3.8) is 0 Å². The molecule has 1 atom stereocenters. The maximum atomic E-state index is 12.3. The fourth-order valence-corrected chi connectivity index (χ4v) is 3.00. The lowest BCUT2D eigenvalue weighted by Gasteiger charge is -2.17. The van der Waals surface area contributed by atoms with E-state index in [0.717, 1.165) is 0 Å². The van der Waals surface area contributed by atoms with Crippen molar-refractivity contribution in [2.75, 3.05) is 0 Å². The van der Waals surface area contributed by atoms with Gasteiger partial charge >= 0.3 is 0 Å². The lowest BCUT2D eigenvalue weighted by Crippen LogP contribution is -2.31. The second-order valence-corrected chi connectivity index (χ2v) is 6.88. The number of nitrogens with one attached hydrogen (secondary N) is 1. The third kappa shape index (κ3) is 3.77. The number of hydrogen-bond acceptors (Lipinski definition) is 7. The van der Waals surface area contributed by atoms with Gasteiger partial charge in [-0.1, -0.05) is 37.2 Å². The van der Waals surface area contributed by atoms with E-state index in [1.54, 1.807) is 24.3 Å². The van der Waals surface area contributed by atoms with Crippen molar-refractivity contribution in [1.82, 2.24) is 15.5 Å². The van der Waals surface area contributed by atoms with Crippen LogP contribution in [0.3, 0.4) is 0 Å². The van der Waals surface area contributed by atoms with Crippen molar-refractivity contribution in [2.45, 2.75) is 19.9 Å². The molecule has 2 heterocycles. The minimum Gasteiger partial charge on any atom is -0.339 e. The average Bonchev–Trinajstić information content (AvgIpc) is 3.31. The van der Waals surface area contributed by atoms with E-state index in [4.69, 9.17) is 4.52 Å². The van der Waals surface area contributed by atoms with Gasteiger partial charge < -0.3 is 9.84 Å². The van der Waals surface area contributed by atoms with Gasteiger partial charge in [0.25, 0.3) is 11.6 Å². The summed E-state index contributed by atoms with van der Waals surface area (Å²) in [6.07, 6.45) is 0. The summed E-state index contributed by atoms with van der Waals surface area (Å²) >= 11 is 1.34. The molecule has 26 heavy (non-hydrogen) atoms. The van der Waals surface area contributed by atoms with E-state index in [0.29, 0.717) is 10.4 Å². The minimum absolute atomic E-state index is 0.0114. The first-order chi connectivity index (χ1) is 12.5. The van der Waals surface area contributed by atoms with Gasteiger partial charge in [-0.15, -0.1) is 11.3 Å². The van der Waals surface area contributed by atoms with Crippen molar-refractivity contribution >= 4 is 22.9 Å². The van der Waals surface area contributed by atoms with Gasteiger partial charge in [-0.3, -0.25) is 14.9 Å². The Kier molecular flexibility index (Phi) is 5.08. The third-order valence-corrected chi connectivity index (χ3v) is 4.59. The first-order valence-corrected chi connectivity index (χ1v) is 8.76. The quantitative estimate of drug-likeness (QED) is 0.520. The Labute approximate surface area is 153 Å². The largest absolute Gasteiger partial charge is 0.339 e. The van der Waals surface area contributed by atoms with E-state index < -0.39 is 11.0 Å². The first-order valence-electron chi connectivity index (χ1n) is 7.88. The van der Waals surface area contributed by atoms with Gasteiger partial charge in [-0.05, 0) is 17.4 Å².